The molecule has 1 aromatic heterocycles. The second-order valence-corrected chi connectivity index (χ2v) is 8.46. The Hall–Kier alpha value is -3.35. The SMILES string of the molecule is COc1c(Cl)cc(Cl)cc1/C(O)=C1\C(=O)C(=O)N(Cc2cccnc2)C1c1ccccc1C. The number of halogens is 2. The van der Waals surface area contributed by atoms with Gasteiger partial charge in [0.05, 0.1) is 29.3 Å². The molecule has 0 bridgehead atoms. The third kappa shape index (κ3) is 4.19. The van der Waals surface area contributed by atoms with Gasteiger partial charge in [0, 0.05) is 24.0 Å². The second kappa shape index (κ2) is 9.25. The number of aliphatic hydroxyl groups is 1. The Morgan fingerprint density at radius 2 is 1.91 bits per heavy atom. The van der Waals surface area contributed by atoms with E-state index in [9.17, 15) is 14.7 Å². The molecule has 1 unspecified atom stereocenters. The fourth-order valence-electron chi connectivity index (χ4n) is 4.04. The number of methoxy groups -OCH3 is 1. The van der Waals surface area contributed by atoms with Crippen LogP contribution < -0.4 is 4.74 Å². The van der Waals surface area contributed by atoms with Gasteiger partial charge in [-0.1, -0.05) is 53.5 Å². The Kier molecular flexibility index (Phi) is 6.40. The molecule has 0 aliphatic carbocycles. The number of rotatable bonds is 5. The molecule has 1 aliphatic heterocycles. The number of aromatic nitrogens is 1. The van der Waals surface area contributed by atoms with Crippen LogP contribution in [0.2, 0.25) is 10.0 Å². The number of aliphatic hydroxyl groups excluding tert-OH is 1. The summed E-state index contributed by atoms with van der Waals surface area (Å²) in [5.74, 6) is -1.78. The highest BCUT2D eigenvalue weighted by Crippen LogP contribution is 2.44. The number of pyridine rings is 1. The van der Waals surface area contributed by atoms with Crippen molar-refractivity contribution < 1.29 is 19.4 Å². The molecule has 0 radical (unpaired) electrons. The van der Waals surface area contributed by atoms with E-state index in [1.165, 1.54) is 24.1 Å². The minimum absolute atomic E-state index is 0.0603. The first-order valence-corrected chi connectivity index (χ1v) is 10.8. The van der Waals surface area contributed by atoms with E-state index >= 15 is 0 Å². The van der Waals surface area contributed by atoms with Crippen molar-refractivity contribution in [3.05, 3.63) is 98.8 Å². The highest BCUT2D eigenvalue weighted by Gasteiger charge is 2.46. The first kappa shape index (κ1) is 22.8. The van der Waals surface area contributed by atoms with E-state index in [4.69, 9.17) is 27.9 Å². The number of nitrogens with zero attached hydrogens (tertiary/aromatic N) is 2. The molecule has 3 aromatic rings. The molecule has 2 aromatic carbocycles. The van der Waals surface area contributed by atoms with Gasteiger partial charge in [0.25, 0.3) is 11.7 Å². The lowest BCUT2D eigenvalue weighted by molar-refractivity contribution is -0.140. The van der Waals surface area contributed by atoms with Gasteiger partial charge in [0.1, 0.15) is 11.5 Å². The van der Waals surface area contributed by atoms with E-state index in [-0.39, 0.29) is 33.5 Å². The van der Waals surface area contributed by atoms with Crippen LogP contribution in [0.25, 0.3) is 5.76 Å². The molecule has 6 nitrogen and oxygen atoms in total. The number of ether oxygens (including phenoxy) is 1. The summed E-state index contributed by atoms with van der Waals surface area (Å²) in [6.45, 7) is 2.03. The van der Waals surface area contributed by atoms with Crippen LogP contribution in [0.15, 0.2) is 66.5 Å². The number of hydrogen-bond acceptors (Lipinski definition) is 5. The summed E-state index contributed by atoms with van der Waals surface area (Å²) in [7, 11) is 1.39. The quantitative estimate of drug-likeness (QED) is 0.302. The highest BCUT2D eigenvalue weighted by molar-refractivity contribution is 6.46. The molecule has 8 heteroatoms. The Labute approximate surface area is 201 Å². The lowest BCUT2D eigenvalue weighted by Gasteiger charge is -2.26. The van der Waals surface area contributed by atoms with Gasteiger partial charge >= 0.3 is 0 Å². The van der Waals surface area contributed by atoms with Gasteiger partial charge in [-0.05, 0) is 41.8 Å². The Bertz CT molecular complexity index is 1270. The summed E-state index contributed by atoms with van der Waals surface area (Å²) in [5, 5.41) is 11.8. The topological polar surface area (TPSA) is 79.7 Å². The molecule has 1 amide bonds. The highest BCUT2D eigenvalue weighted by atomic mass is 35.5. The molecule has 0 spiro atoms. The minimum atomic E-state index is -0.825. The molecule has 1 saturated heterocycles. The zero-order chi connectivity index (χ0) is 23.7. The maximum absolute atomic E-state index is 13.3. The smallest absolute Gasteiger partial charge is 0.295 e. The number of carbonyl (C=O) groups excluding carboxylic acids is 2. The third-order valence-electron chi connectivity index (χ3n) is 5.57. The van der Waals surface area contributed by atoms with Crippen molar-refractivity contribution in [1.29, 1.82) is 0 Å². The van der Waals surface area contributed by atoms with Crippen molar-refractivity contribution >= 4 is 40.7 Å². The van der Waals surface area contributed by atoms with Crippen molar-refractivity contribution in [1.82, 2.24) is 9.88 Å². The number of likely N-dealkylation sites (tertiary alicyclic amines) is 1. The number of ketones is 1. The number of amides is 1. The summed E-state index contributed by atoms with van der Waals surface area (Å²) in [5.41, 5.74) is 2.40. The number of carbonyl (C=O) groups is 2. The Balaban J connectivity index is 1.95. The van der Waals surface area contributed by atoms with Crippen molar-refractivity contribution in [2.75, 3.05) is 7.11 Å². The van der Waals surface area contributed by atoms with E-state index in [0.29, 0.717) is 5.56 Å². The predicted octanol–water partition coefficient (Wildman–Crippen LogP) is 5.33. The average molecular weight is 483 g/mol. The fraction of sp³-hybridized carbons (Fsp3) is 0.160. The average Bonchev–Trinajstić information content (AvgIpc) is 3.04. The molecular weight excluding hydrogens is 463 g/mol. The van der Waals surface area contributed by atoms with Gasteiger partial charge < -0.3 is 14.7 Å². The van der Waals surface area contributed by atoms with Gasteiger partial charge in [-0.3, -0.25) is 14.6 Å². The number of Topliss-reactive ketones (excluding diaryl/α,β-unsaturated/α-hetero) is 1. The van der Waals surface area contributed by atoms with Crippen molar-refractivity contribution in [2.24, 2.45) is 0 Å². The normalized spacial score (nSPS) is 17.5. The molecule has 1 aliphatic rings. The van der Waals surface area contributed by atoms with Gasteiger partial charge in [0.15, 0.2) is 0 Å². The summed E-state index contributed by atoms with van der Waals surface area (Å²) in [6.07, 6.45) is 3.26. The zero-order valence-corrected chi connectivity index (χ0v) is 19.4. The summed E-state index contributed by atoms with van der Waals surface area (Å²) in [6, 6.07) is 13.1. The standard InChI is InChI=1S/C25H20Cl2N2O4/c1-14-6-3-4-8-17(14)21-20(22(30)18-10-16(26)11-19(27)24(18)33-2)23(31)25(32)29(21)13-15-7-5-9-28-12-15/h3-12,21,30H,13H2,1-2H3/b22-20+. The molecule has 1 fully saturated rings. The molecule has 2 heterocycles. The van der Waals surface area contributed by atoms with E-state index < -0.39 is 23.5 Å². The van der Waals surface area contributed by atoms with Crippen LogP contribution in [0, 0.1) is 6.92 Å². The molecule has 1 atom stereocenters. The number of benzene rings is 2. The summed E-state index contributed by atoms with van der Waals surface area (Å²) < 4.78 is 5.36. The van der Waals surface area contributed by atoms with Crippen LogP contribution in [0.1, 0.15) is 28.3 Å². The van der Waals surface area contributed by atoms with Crippen LogP contribution in [0.4, 0.5) is 0 Å². The van der Waals surface area contributed by atoms with E-state index in [1.807, 2.05) is 37.3 Å². The Morgan fingerprint density at radius 3 is 2.58 bits per heavy atom. The molecule has 1 N–H and O–H groups in total. The molecular formula is C25H20Cl2N2O4. The molecule has 4 rings (SSSR count). The molecule has 0 saturated carbocycles. The second-order valence-electron chi connectivity index (χ2n) is 7.61. The lowest BCUT2D eigenvalue weighted by atomic mass is 9.92. The molecule has 168 valence electrons. The van der Waals surface area contributed by atoms with Crippen LogP contribution in [0.3, 0.4) is 0 Å². The van der Waals surface area contributed by atoms with Gasteiger partial charge in [-0.25, -0.2) is 0 Å². The lowest BCUT2D eigenvalue weighted by Crippen LogP contribution is -2.29. The minimum Gasteiger partial charge on any atom is -0.507 e. The van der Waals surface area contributed by atoms with Crippen LogP contribution >= 0.6 is 23.2 Å². The summed E-state index contributed by atoms with van der Waals surface area (Å²) in [4.78, 5) is 32.0. The molecule has 33 heavy (non-hydrogen) atoms. The summed E-state index contributed by atoms with van der Waals surface area (Å²) >= 11 is 12.4. The van der Waals surface area contributed by atoms with Crippen molar-refractivity contribution in [3.8, 4) is 5.75 Å². The predicted molar refractivity (Wildman–Crippen MR) is 126 cm³/mol. The van der Waals surface area contributed by atoms with Crippen molar-refractivity contribution in [3.63, 3.8) is 0 Å². The van der Waals surface area contributed by atoms with E-state index in [2.05, 4.69) is 4.98 Å². The maximum Gasteiger partial charge on any atom is 0.295 e. The van der Waals surface area contributed by atoms with Crippen molar-refractivity contribution in [2.45, 2.75) is 19.5 Å². The Morgan fingerprint density at radius 1 is 1.15 bits per heavy atom. The maximum atomic E-state index is 13.3. The third-order valence-corrected chi connectivity index (χ3v) is 6.07. The van der Waals surface area contributed by atoms with Gasteiger partial charge in [-0.15, -0.1) is 0 Å². The van der Waals surface area contributed by atoms with Crippen LogP contribution in [-0.4, -0.2) is 33.8 Å². The monoisotopic (exact) mass is 482 g/mol. The van der Waals surface area contributed by atoms with E-state index in [0.717, 1.165) is 11.1 Å². The zero-order valence-electron chi connectivity index (χ0n) is 17.9. The van der Waals surface area contributed by atoms with Gasteiger partial charge in [-0.2, -0.15) is 0 Å². The first-order valence-electron chi connectivity index (χ1n) is 10.1. The largest absolute Gasteiger partial charge is 0.507 e. The fourth-order valence-corrected chi connectivity index (χ4v) is 4.61. The number of hydrogen-bond donors (Lipinski definition) is 1. The first-order chi connectivity index (χ1) is 15.8. The van der Waals surface area contributed by atoms with Gasteiger partial charge in [0.2, 0.25) is 0 Å². The van der Waals surface area contributed by atoms with Crippen LogP contribution in [-0.2, 0) is 16.1 Å². The van der Waals surface area contributed by atoms with E-state index in [1.54, 1.807) is 18.5 Å². The van der Waals surface area contributed by atoms with Crippen LogP contribution in [0.5, 0.6) is 5.75 Å². The number of aryl methyl sites for hydroxylation is 1.